The van der Waals surface area contributed by atoms with Crippen LogP contribution in [0.2, 0.25) is 5.02 Å². The Kier molecular flexibility index (Phi) is 8.31. The monoisotopic (exact) mass is 548 g/mol. The average molecular weight is 549 g/mol. The smallest absolute Gasteiger partial charge is 0.309 e. The summed E-state index contributed by atoms with van der Waals surface area (Å²) in [6.45, 7) is 7.11. The summed E-state index contributed by atoms with van der Waals surface area (Å²) in [4.78, 5) is 41.5. The Labute approximate surface area is 233 Å². The lowest BCUT2D eigenvalue weighted by atomic mass is 9.89. The van der Waals surface area contributed by atoms with Gasteiger partial charge in [-0.1, -0.05) is 29.8 Å². The van der Waals surface area contributed by atoms with Crippen LogP contribution in [0.15, 0.2) is 72.8 Å². The highest BCUT2D eigenvalue weighted by molar-refractivity contribution is 6.30. The molecule has 1 N–H and O–H groups in total. The molecule has 0 unspecified atom stereocenters. The number of halogens is 1. The van der Waals surface area contributed by atoms with Crippen molar-refractivity contribution in [1.82, 2.24) is 0 Å². The van der Waals surface area contributed by atoms with Crippen LogP contribution < -0.4 is 14.5 Å². The normalized spacial score (nSPS) is 16.8. The van der Waals surface area contributed by atoms with Gasteiger partial charge in [-0.3, -0.25) is 14.4 Å². The first-order valence-corrected chi connectivity index (χ1v) is 13.3. The molecule has 0 aliphatic carbocycles. The van der Waals surface area contributed by atoms with E-state index < -0.39 is 11.4 Å². The molecule has 0 saturated carbocycles. The van der Waals surface area contributed by atoms with Gasteiger partial charge in [0.25, 0.3) is 5.91 Å². The number of carbonyl (C=O) groups is 3. The highest BCUT2D eigenvalue weighted by Gasteiger charge is 2.38. The fourth-order valence-corrected chi connectivity index (χ4v) is 5.01. The van der Waals surface area contributed by atoms with E-state index in [4.69, 9.17) is 16.3 Å². The lowest BCUT2D eigenvalue weighted by Crippen LogP contribution is -2.47. The largest absolute Gasteiger partial charge is 0.494 e. The number of rotatable bonds is 8. The zero-order chi connectivity index (χ0) is 28.3. The summed E-state index contributed by atoms with van der Waals surface area (Å²) in [6.07, 6.45) is 0.922. The fourth-order valence-electron chi connectivity index (χ4n) is 4.88. The third-order valence-corrected chi connectivity index (χ3v) is 7.46. The maximum absolute atomic E-state index is 13.7. The minimum absolute atomic E-state index is 0.0913. The molecule has 7 nitrogen and oxygen atoms in total. The fraction of sp³-hybridized carbons (Fsp3) is 0.323. The van der Waals surface area contributed by atoms with Crippen LogP contribution in [-0.4, -0.2) is 35.5 Å². The Morgan fingerprint density at radius 3 is 2.28 bits per heavy atom. The number of anilines is 2. The van der Waals surface area contributed by atoms with Crippen LogP contribution in [0.1, 0.15) is 62.5 Å². The highest BCUT2D eigenvalue weighted by atomic mass is 35.5. The quantitative estimate of drug-likeness (QED) is 0.336. The van der Waals surface area contributed by atoms with Gasteiger partial charge in [-0.15, -0.1) is 0 Å². The van der Waals surface area contributed by atoms with Crippen molar-refractivity contribution < 1.29 is 24.2 Å². The van der Waals surface area contributed by atoms with Crippen molar-refractivity contribution in [3.05, 3.63) is 88.9 Å². The Morgan fingerprint density at radius 1 is 1.03 bits per heavy atom. The van der Waals surface area contributed by atoms with E-state index in [1.807, 2.05) is 43.3 Å². The van der Waals surface area contributed by atoms with Gasteiger partial charge in [0.05, 0.1) is 18.1 Å². The van der Waals surface area contributed by atoms with Crippen LogP contribution in [0, 0.1) is 5.41 Å². The van der Waals surface area contributed by atoms with E-state index in [0.717, 1.165) is 16.9 Å². The van der Waals surface area contributed by atoms with Gasteiger partial charge in [-0.25, -0.2) is 0 Å². The molecule has 0 spiro atoms. The summed E-state index contributed by atoms with van der Waals surface area (Å²) >= 11 is 6.09. The molecule has 1 aliphatic heterocycles. The summed E-state index contributed by atoms with van der Waals surface area (Å²) in [7, 11) is 0. The van der Waals surface area contributed by atoms with E-state index in [-0.39, 0.29) is 30.5 Å². The van der Waals surface area contributed by atoms with Crippen molar-refractivity contribution in [2.24, 2.45) is 5.41 Å². The number of nitrogens with zero attached hydrogens (tertiary/aromatic N) is 2. The molecule has 3 aromatic rings. The Morgan fingerprint density at radius 2 is 1.67 bits per heavy atom. The molecular formula is C31H33ClN2O5. The number of hydrogen-bond acceptors (Lipinski definition) is 4. The summed E-state index contributed by atoms with van der Waals surface area (Å²) in [6, 6.07) is 21.4. The van der Waals surface area contributed by atoms with Gasteiger partial charge >= 0.3 is 5.97 Å². The predicted molar refractivity (Wildman–Crippen MR) is 153 cm³/mol. The first-order valence-electron chi connectivity index (χ1n) is 12.9. The van der Waals surface area contributed by atoms with Crippen molar-refractivity contribution in [3.8, 4) is 5.75 Å². The molecular weight excluding hydrogens is 516 g/mol. The first-order chi connectivity index (χ1) is 18.5. The number of para-hydroxylation sites is 1. The van der Waals surface area contributed by atoms with Crippen LogP contribution >= 0.6 is 11.6 Å². The third-order valence-electron chi connectivity index (χ3n) is 7.21. The number of carbonyl (C=O) groups excluding carboxylic acids is 2. The van der Waals surface area contributed by atoms with E-state index in [0.29, 0.717) is 29.2 Å². The molecule has 8 heteroatoms. The van der Waals surface area contributed by atoms with Gasteiger partial charge in [0, 0.05) is 34.9 Å². The molecule has 3 aromatic carbocycles. The zero-order valence-electron chi connectivity index (χ0n) is 22.6. The molecule has 2 amide bonds. The van der Waals surface area contributed by atoms with Gasteiger partial charge in [-0.2, -0.15) is 0 Å². The number of amides is 2. The summed E-state index contributed by atoms with van der Waals surface area (Å²) in [5, 5.41) is 9.87. The van der Waals surface area contributed by atoms with Crippen molar-refractivity contribution in [2.45, 2.75) is 52.6 Å². The van der Waals surface area contributed by atoms with Crippen LogP contribution in [0.5, 0.6) is 5.75 Å². The molecule has 2 atom stereocenters. The van der Waals surface area contributed by atoms with E-state index in [9.17, 15) is 19.5 Å². The number of carboxylic acids is 1. The molecule has 0 aromatic heterocycles. The van der Waals surface area contributed by atoms with Crippen molar-refractivity contribution >= 4 is 40.8 Å². The molecule has 4 rings (SSSR count). The lowest BCUT2D eigenvalue weighted by molar-refractivity contribution is -0.147. The van der Waals surface area contributed by atoms with E-state index in [1.165, 1.54) is 0 Å². The first kappa shape index (κ1) is 28.2. The van der Waals surface area contributed by atoms with Gasteiger partial charge < -0.3 is 19.6 Å². The Bertz CT molecular complexity index is 1350. The van der Waals surface area contributed by atoms with Gasteiger partial charge in [-0.05, 0) is 93.8 Å². The van der Waals surface area contributed by atoms with E-state index in [2.05, 4.69) is 0 Å². The van der Waals surface area contributed by atoms with Crippen LogP contribution in [0.3, 0.4) is 0 Å². The number of benzene rings is 3. The SMILES string of the molecule is CC(=O)N(c1ccc(Cl)cc1)[C@@H]1C[C@H](C)N(C(=O)c2ccc(OCCC(C)(C)C(=O)O)cc2)c2ccccc21. The standard InChI is InChI=1S/C31H33ClN2O5/c1-20-19-28(34(21(2)35)24-13-11-23(32)12-14-24)26-7-5-6-8-27(26)33(20)29(36)22-9-15-25(16-10-22)39-18-17-31(3,4)30(37)38/h5-16,20,28H,17-19H2,1-4H3,(H,37,38)/t20-,28+/m0/s1. The number of carboxylic acid groups (broad SMARTS) is 1. The number of hydrogen-bond donors (Lipinski definition) is 1. The van der Waals surface area contributed by atoms with Crippen molar-refractivity contribution in [3.63, 3.8) is 0 Å². The highest BCUT2D eigenvalue weighted by Crippen LogP contribution is 2.43. The zero-order valence-corrected chi connectivity index (χ0v) is 23.3. The second kappa shape index (κ2) is 11.5. The van der Waals surface area contributed by atoms with Crippen molar-refractivity contribution in [2.75, 3.05) is 16.4 Å². The minimum Gasteiger partial charge on any atom is -0.494 e. The topological polar surface area (TPSA) is 87.2 Å². The summed E-state index contributed by atoms with van der Waals surface area (Å²) in [5.41, 5.74) is 2.05. The second-order valence-corrected chi connectivity index (χ2v) is 10.9. The minimum atomic E-state index is -0.878. The second-order valence-electron chi connectivity index (χ2n) is 10.5. The summed E-state index contributed by atoms with van der Waals surface area (Å²) in [5.74, 6) is -0.538. The van der Waals surface area contributed by atoms with Gasteiger partial charge in [0.15, 0.2) is 0 Å². The average Bonchev–Trinajstić information content (AvgIpc) is 2.89. The molecule has 0 radical (unpaired) electrons. The number of fused-ring (bicyclic) bond motifs is 1. The molecule has 0 bridgehead atoms. The number of aliphatic carboxylic acids is 1. The maximum atomic E-state index is 13.7. The molecule has 0 saturated heterocycles. The molecule has 204 valence electrons. The van der Waals surface area contributed by atoms with Crippen LogP contribution in [0.25, 0.3) is 0 Å². The molecule has 1 aliphatic rings. The van der Waals surface area contributed by atoms with Gasteiger partial charge in [0.2, 0.25) is 5.91 Å². The lowest BCUT2D eigenvalue weighted by Gasteiger charge is -2.43. The maximum Gasteiger partial charge on any atom is 0.309 e. The van der Waals surface area contributed by atoms with Crippen LogP contribution in [0.4, 0.5) is 11.4 Å². The van der Waals surface area contributed by atoms with Crippen molar-refractivity contribution in [1.29, 1.82) is 0 Å². The predicted octanol–water partition coefficient (Wildman–Crippen LogP) is 6.75. The molecule has 39 heavy (non-hydrogen) atoms. The molecule has 1 heterocycles. The third kappa shape index (κ3) is 6.09. The summed E-state index contributed by atoms with van der Waals surface area (Å²) < 4.78 is 5.73. The van der Waals surface area contributed by atoms with Gasteiger partial charge in [0.1, 0.15) is 5.75 Å². The number of ether oxygens (including phenoxy) is 1. The Balaban J connectivity index is 1.57. The van der Waals surface area contributed by atoms with E-state index in [1.54, 1.807) is 67.0 Å². The Hall–Kier alpha value is -3.84. The van der Waals surface area contributed by atoms with E-state index >= 15 is 0 Å². The van der Waals surface area contributed by atoms with Crippen LogP contribution in [-0.2, 0) is 9.59 Å². The molecule has 0 fully saturated rings.